The summed E-state index contributed by atoms with van der Waals surface area (Å²) in [7, 11) is 6.34. The molecule has 6 aliphatic rings. The van der Waals surface area contributed by atoms with Crippen molar-refractivity contribution in [1.82, 2.24) is 4.90 Å². The van der Waals surface area contributed by atoms with Crippen molar-refractivity contribution in [2.24, 2.45) is 34.5 Å². The molecular weight excluding hydrogens is 582 g/mol. The minimum Gasteiger partial charge on any atom is -0.497 e. The van der Waals surface area contributed by atoms with Crippen LogP contribution in [-0.2, 0) is 33.3 Å². The lowest BCUT2D eigenvalue weighted by Crippen LogP contribution is -2.75. The Labute approximate surface area is 263 Å². The van der Waals surface area contributed by atoms with Crippen LogP contribution in [-0.4, -0.2) is 111 Å². The lowest BCUT2D eigenvalue weighted by atomic mass is 9.46. The number of aliphatic hydroxyl groups is 1. The van der Waals surface area contributed by atoms with E-state index in [9.17, 15) is 19.5 Å². The number of esters is 2. The first-order chi connectivity index (χ1) is 21.5. The van der Waals surface area contributed by atoms with Gasteiger partial charge in [-0.05, 0) is 49.2 Å². The molecule has 1 spiro atoms. The molecule has 45 heavy (non-hydrogen) atoms. The molecule has 1 aromatic carbocycles. The van der Waals surface area contributed by atoms with Crippen molar-refractivity contribution in [3.63, 3.8) is 0 Å². The number of piperidine rings is 1. The van der Waals surface area contributed by atoms with E-state index in [1.165, 1.54) is 14.0 Å². The van der Waals surface area contributed by atoms with Gasteiger partial charge in [-0.15, -0.1) is 0 Å². The van der Waals surface area contributed by atoms with Crippen LogP contribution in [0.25, 0.3) is 0 Å². The maximum absolute atomic E-state index is 14.0. The van der Waals surface area contributed by atoms with Gasteiger partial charge in [-0.2, -0.15) is 0 Å². The maximum Gasteiger partial charge on any atom is 0.338 e. The van der Waals surface area contributed by atoms with Gasteiger partial charge >= 0.3 is 11.9 Å². The number of allylic oxidation sites excluding steroid dienone is 1. The lowest BCUT2D eigenvalue weighted by molar-refractivity contribution is -0.265. The second-order valence-electron chi connectivity index (χ2n) is 13.9. The fraction of sp³-hybridized carbons (Fsp3) is 0.676. The van der Waals surface area contributed by atoms with E-state index in [1.54, 1.807) is 51.7 Å². The van der Waals surface area contributed by atoms with Crippen molar-refractivity contribution in [1.29, 1.82) is 0 Å². The van der Waals surface area contributed by atoms with Gasteiger partial charge in [-0.25, -0.2) is 4.79 Å². The third-order valence-electron chi connectivity index (χ3n) is 12.5. The van der Waals surface area contributed by atoms with Crippen molar-refractivity contribution < 1.29 is 47.9 Å². The number of likely N-dealkylation sites (tertiary alicyclic amines) is 1. The zero-order valence-corrected chi connectivity index (χ0v) is 26.7. The highest BCUT2D eigenvalue weighted by molar-refractivity contribution is 5.97. The van der Waals surface area contributed by atoms with Crippen LogP contribution >= 0.6 is 0 Å². The molecule has 1 N–H and O–H groups in total. The van der Waals surface area contributed by atoms with Gasteiger partial charge in [0.1, 0.15) is 23.1 Å². The zero-order chi connectivity index (χ0) is 32.1. The number of ether oxygens (including phenoxy) is 6. The van der Waals surface area contributed by atoms with Gasteiger partial charge in [0.25, 0.3) is 0 Å². The molecule has 1 aliphatic heterocycles. The molecule has 5 aliphatic carbocycles. The van der Waals surface area contributed by atoms with Gasteiger partial charge in [0.05, 0.1) is 36.9 Å². The van der Waals surface area contributed by atoms with Crippen molar-refractivity contribution >= 4 is 17.7 Å². The Morgan fingerprint density at radius 3 is 2.38 bits per heavy atom. The van der Waals surface area contributed by atoms with E-state index in [0.29, 0.717) is 24.4 Å². The topological polar surface area (TPSA) is 130 Å². The molecule has 1 saturated heterocycles. The summed E-state index contributed by atoms with van der Waals surface area (Å²) in [4.78, 5) is 43.3. The van der Waals surface area contributed by atoms with Crippen LogP contribution in [0.2, 0.25) is 0 Å². The number of fused-ring (bicyclic) bond motifs is 2. The summed E-state index contributed by atoms with van der Waals surface area (Å²) in [5.74, 6) is -2.13. The highest BCUT2D eigenvalue weighted by Crippen LogP contribution is 2.79. The Bertz CT molecular complexity index is 1430. The van der Waals surface area contributed by atoms with Crippen LogP contribution in [0.4, 0.5) is 0 Å². The predicted octanol–water partition coefficient (Wildman–Crippen LogP) is 2.05. The standard InChI is InChI=1S/C34H43NO10/c1-7-35-16-31(17-40-3)22(37)12-13-32-21-14-33(39)23(42-5)15-34(45-18(2)36,25(28(32)35)26(43-6)27(31)32)24(21)29(33)44-30(38)19-8-10-20(41-4)11-9-19/h8-13,21,23-29,39H,7,14-17H2,1-6H3/t21-,23+,24?,25?,26+,27?,28-,29-,31+,32-,33-,34-/m1/s1. The first-order valence-electron chi connectivity index (χ1n) is 15.8. The van der Waals surface area contributed by atoms with Crippen molar-refractivity contribution in [2.45, 2.75) is 62.2 Å². The second-order valence-corrected chi connectivity index (χ2v) is 13.9. The number of hydrogen-bond acceptors (Lipinski definition) is 11. The molecular formula is C34H43NO10. The van der Waals surface area contributed by atoms with Crippen LogP contribution in [0.15, 0.2) is 36.4 Å². The Hall–Kier alpha value is -2.83. The second kappa shape index (κ2) is 10.3. The van der Waals surface area contributed by atoms with E-state index in [4.69, 9.17) is 28.4 Å². The first-order valence-corrected chi connectivity index (χ1v) is 15.8. The lowest BCUT2D eigenvalue weighted by Gasteiger charge is -2.65. The Balaban J connectivity index is 1.45. The Morgan fingerprint density at radius 2 is 1.78 bits per heavy atom. The summed E-state index contributed by atoms with van der Waals surface area (Å²) in [6.07, 6.45) is 1.84. The molecule has 12 atom stereocenters. The molecule has 7 rings (SSSR count). The number of carbonyl (C=O) groups is 3. The molecule has 11 nitrogen and oxygen atoms in total. The van der Waals surface area contributed by atoms with Gasteiger partial charge in [0.2, 0.25) is 0 Å². The Morgan fingerprint density at radius 1 is 1.04 bits per heavy atom. The van der Waals surface area contributed by atoms with Crippen LogP contribution in [0.3, 0.4) is 0 Å². The molecule has 11 heteroatoms. The van der Waals surface area contributed by atoms with Gasteiger partial charge < -0.3 is 33.5 Å². The smallest absolute Gasteiger partial charge is 0.338 e. The molecule has 7 bridgehead atoms. The number of rotatable bonds is 9. The molecule has 1 heterocycles. The van der Waals surface area contributed by atoms with Gasteiger partial charge in [0, 0.05) is 70.4 Å². The van der Waals surface area contributed by atoms with Crippen LogP contribution < -0.4 is 4.74 Å². The Kier molecular flexibility index (Phi) is 7.08. The normalized spacial score (nSPS) is 45.4. The number of carbonyl (C=O) groups excluding carboxylic acids is 3. The highest BCUT2D eigenvalue weighted by atomic mass is 16.6. The highest BCUT2D eigenvalue weighted by Gasteiger charge is 2.88. The first kappa shape index (κ1) is 30.8. The molecule has 4 saturated carbocycles. The van der Waals surface area contributed by atoms with Gasteiger partial charge in [-0.3, -0.25) is 14.5 Å². The fourth-order valence-electron chi connectivity index (χ4n) is 11.4. The van der Waals surface area contributed by atoms with Crippen molar-refractivity contribution in [3.8, 4) is 5.75 Å². The van der Waals surface area contributed by atoms with Crippen LogP contribution in [0.5, 0.6) is 5.75 Å². The minimum atomic E-state index is -1.57. The van der Waals surface area contributed by atoms with Gasteiger partial charge in [0.15, 0.2) is 5.78 Å². The summed E-state index contributed by atoms with van der Waals surface area (Å²) in [6.45, 7) is 4.80. The predicted molar refractivity (Wildman–Crippen MR) is 158 cm³/mol. The van der Waals surface area contributed by atoms with Crippen LogP contribution in [0, 0.1) is 34.5 Å². The average Bonchev–Trinajstić information content (AvgIpc) is 3.39. The average molecular weight is 626 g/mol. The molecule has 0 aromatic heterocycles. The molecule has 0 radical (unpaired) electrons. The summed E-state index contributed by atoms with van der Waals surface area (Å²) >= 11 is 0. The van der Waals surface area contributed by atoms with E-state index in [0.717, 1.165) is 0 Å². The third kappa shape index (κ3) is 3.67. The number of benzene rings is 1. The molecule has 0 amide bonds. The summed E-state index contributed by atoms with van der Waals surface area (Å²) < 4.78 is 36.4. The molecule has 244 valence electrons. The largest absolute Gasteiger partial charge is 0.497 e. The van der Waals surface area contributed by atoms with E-state index in [1.807, 2.05) is 6.08 Å². The number of nitrogens with zero attached hydrogens (tertiary/aromatic N) is 1. The molecule has 3 unspecified atom stereocenters. The molecule has 5 fully saturated rings. The maximum atomic E-state index is 14.0. The summed E-state index contributed by atoms with van der Waals surface area (Å²) in [5.41, 5.74) is -4.04. The van der Waals surface area contributed by atoms with E-state index in [-0.39, 0.29) is 43.1 Å². The zero-order valence-electron chi connectivity index (χ0n) is 26.7. The number of ketones is 1. The number of methoxy groups -OCH3 is 4. The SMILES string of the molecule is CCN1C[C@]2(COC)C(=O)C=C[C@@]34C2[C@@H](OC)C([C@@H]13)[C@@]1(OC(C)=O)C[C@H](OC)[C@]2(O)C[C@@H]4C1[C@H]2OC(=O)c1ccc(OC)cc1. The summed E-state index contributed by atoms with van der Waals surface area (Å²) in [5, 5.41) is 12.6. The third-order valence-corrected chi connectivity index (χ3v) is 12.5. The van der Waals surface area contributed by atoms with E-state index >= 15 is 0 Å². The van der Waals surface area contributed by atoms with Crippen LogP contribution in [0.1, 0.15) is 37.0 Å². The quantitative estimate of drug-likeness (QED) is 0.405. The number of hydrogen-bond donors (Lipinski definition) is 1. The summed E-state index contributed by atoms with van der Waals surface area (Å²) in [6, 6.07) is 6.43. The monoisotopic (exact) mass is 625 g/mol. The van der Waals surface area contributed by atoms with Crippen molar-refractivity contribution in [2.75, 3.05) is 48.1 Å². The molecule has 1 aromatic rings. The van der Waals surface area contributed by atoms with E-state index < -0.39 is 64.1 Å². The van der Waals surface area contributed by atoms with Crippen molar-refractivity contribution in [3.05, 3.63) is 42.0 Å². The minimum absolute atomic E-state index is 0.0105. The fourth-order valence-corrected chi connectivity index (χ4v) is 11.4. The van der Waals surface area contributed by atoms with Gasteiger partial charge in [-0.1, -0.05) is 13.0 Å². The van der Waals surface area contributed by atoms with E-state index in [2.05, 4.69) is 11.8 Å².